The maximum absolute atomic E-state index is 12.0. The molecule has 2 fully saturated rings. The van der Waals surface area contributed by atoms with E-state index in [1.807, 2.05) is 6.07 Å². The van der Waals surface area contributed by atoms with Crippen LogP contribution in [-0.4, -0.2) is 47.4 Å². The van der Waals surface area contributed by atoms with Crippen molar-refractivity contribution >= 4 is 23.4 Å². The molecule has 1 aromatic rings. The molecular formula is C16H23ClN4O2. The summed E-state index contributed by atoms with van der Waals surface area (Å²) in [5, 5.41) is 16.6. The van der Waals surface area contributed by atoms with E-state index in [-0.39, 0.29) is 12.1 Å². The molecule has 0 bridgehead atoms. The number of anilines is 1. The number of rotatable bonds is 4. The van der Waals surface area contributed by atoms with Crippen molar-refractivity contribution in [3.8, 4) is 0 Å². The lowest BCUT2D eigenvalue weighted by molar-refractivity contribution is 0.0500. The zero-order valence-electron chi connectivity index (χ0n) is 13.1. The number of aromatic nitrogens is 1. The number of urea groups is 1. The number of hydrogen-bond donors (Lipinski definition) is 3. The van der Waals surface area contributed by atoms with Gasteiger partial charge in [0.25, 0.3) is 0 Å². The van der Waals surface area contributed by atoms with Gasteiger partial charge in [0.2, 0.25) is 0 Å². The van der Waals surface area contributed by atoms with Gasteiger partial charge in [-0.25, -0.2) is 9.78 Å². The van der Waals surface area contributed by atoms with Crippen LogP contribution in [0.25, 0.3) is 0 Å². The summed E-state index contributed by atoms with van der Waals surface area (Å²) in [6.45, 7) is 1.82. The summed E-state index contributed by atoms with van der Waals surface area (Å²) >= 11 is 6.16. The number of amides is 2. The Morgan fingerprint density at radius 3 is 3.00 bits per heavy atom. The predicted octanol–water partition coefficient (Wildman–Crippen LogP) is 1.92. The van der Waals surface area contributed by atoms with Crippen molar-refractivity contribution in [2.75, 3.05) is 24.5 Å². The van der Waals surface area contributed by atoms with E-state index in [0.717, 1.165) is 44.5 Å². The zero-order chi connectivity index (χ0) is 16.3. The molecule has 1 aromatic heterocycles. The van der Waals surface area contributed by atoms with Crippen LogP contribution in [-0.2, 0) is 0 Å². The van der Waals surface area contributed by atoms with Gasteiger partial charge in [0.1, 0.15) is 5.82 Å². The predicted molar refractivity (Wildman–Crippen MR) is 89.8 cm³/mol. The van der Waals surface area contributed by atoms with Crippen LogP contribution in [0.2, 0.25) is 5.02 Å². The number of hydrogen-bond acceptors (Lipinski definition) is 4. The lowest BCUT2D eigenvalue weighted by Gasteiger charge is -2.23. The largest absolute Gasteiger partial charge is 0.388 e. The maximum atomic E-state index is 12.0. The Kier molecular flexibility index (Phi) is 4.92. The molecule has 2 heterocycles. The lowest BCUT2D eigenvalue weighted by atomic mass is 10.0. The van der Waals surface area contributed by atoms with Crippen LogP contribution in [0, 0.1) is 0 Å². The number of pyridine rings is 1. The minimum atomic E-state index is -0.722. The summed E-state index contributed by atoms with van der Waals surface area (Å²) in [6, 6.07) is 3.47. The van der Waals surface area contributed by atoms with Crippen molar-refractivity contribution < 1.29 is 9.90 Å². The molecule has 0 spiro atoms. The summed E-state index contributed by atoms with van der Waals surface area (Å²) in [6.07, 6.45) is 6.16. The SMILES string of the molecule is O=C(NCC1(O)CCCC1)NC1CCN(c2ncccc2Cl)C1. The number of nitrogens with zero attached hydrogens (tertiary/aromatic N) is 2. The van der Waals surface area contributed by atoms with Crippen LogP contribution in [0.4, 0.5) is 10.6 Å². The molecule has 3 N–H and O–H groups in total. The summed E-state index contributed by atoms with van der Waals surface area (Å²) < 4.78 is 0. The average molecular weight is 339 g/mol. The monoisotopic (exact) mass is 338 g/mol. The van der Waals surface area contributed by atoms with Crippen LogP contribution in [0.5, 0.6) is 0 Å². The number of carbonyl (C=O) groups excluding carboxylic acids is 1. The van der Waals surface area contributed by atoms with Crippen LogP contribution in [0.3, 0.4) is 0 Å². The first-order valence-electron chi connectivity index (χ1n) is 8.18. The third-order valence-electron chi connectivity index (χ3n) is 4.67. The fraction of sp³-hybridized carbons (Fsp3) is 0.625. The first-order chi connectivity index (χ1) is 11.1. The number of aliphatic hydroxyl groups is 1. The second kappa shape index (κ2) is 6.93. The molecule has 3 rings (SSSR count). The van der Waals surface area contributed by atoms with E-state index in [0.29, 0.717) is 18.1 Å². The van der Waals surface area contributed by atoms with Gasteiger partial charge in [-0.15, -0.1) is 0 Å². The molecule has 1 atom stereocenters. The Morgan fingerprint density at radius 2 is 2.26 bits per heavy atom. The van der Waals surface area contributed by atoms with Gasteiger partial charge < -0.3 is 20.6 Å². The van der Waals surface area contributed by atoms with Crippen molar-refractivity contribution in [1.29, 1.82) is 0 Å². The van der Waals surface area contributed by atoms with Gasteiger partial charge in [0.15, 0.2) is 0 Å². The molecule has 23 heavy (non-hydrogen) atoms. The van der Waals surface area contributed by atoms with Crippen molar-refractivity contribution in [2.24, 2.45) is 0 Å². The highest BCUT2D eigenvalue weighted by atomic mass is 35.5. The van der Waals surface area contributed by atoms with E-state index in [9.17, 15) is 9.90 Å². The van der Waals surface area contributed by atoms with E-state index >= 15 is 0 Å². The molecule has 1 unspecified atom stereocenters. The molecule has 1 saturated heterocycles. The highest BCUT2D eigenvalue weighted by Gasteiger charge is 2.32. The van der Waals surface area contributed by atoms with Gasteiger partial charge in [-0.3, -0.25) is 0 Å². The van der Waals surface area contributed by atoms with Gasteiger partial charge in [-0.2, -0.15) is 0 Å². The van der Waals surface area contributed by atoms with Gasteiger partial charge in [-0.05, 0) is 31.4 Å². The van der Waals surface area contributed by atoms with Crippen LogP contribution in [0.15, 0.2) is 18.3 Å². The smallest absolute Gasteiger partial charge is 0.315 e. The molecule has 1 saturated carbocycles. The fourth-order valence-electron chi connectivity index (χ4n) is 3.37. The summed E-state index contributed by atoms with van der Waals surface area (Å²) in [7, 11) is 0. The minimum Gasteiger partial charge on any atom is -0.388 e. The van der Waals surface area contributed by atoms with E-state index in [2.05, 4.69) is 20.5 Å². The molecule has 6 nitrogen and oxygen atoms in total. The highest BCUT2D eigenvalue weighted by molar-refractivity contribution is 6.32. The molecule has 2 amide bonds. The first kappa shape index (κ1) is 16.3. The summed E-state index contributed by atoms with van der Waals surface area (Å²) in [5.41, 5.74) is -0.722. The summed E-state index contributed by atoms with van der Waals surface area (Å²) in [5.74, 6) is 0.763. The van der Waals surface area contributed by atoms with E-state index in [1.165, 1.54) is 0 Å². The van der Waals surface area contributed by atoms with Gasteiger partial charge in [0.05, 0.1) is 10.6 Å². The minimum absolute atomic E-state index is 0.0614. The lowest BCUT2D eigenvalue weighted by Crippen LogP contribution is -2.48. The molecule has 1 aliphatic heterocycles. The van der Waals surface area contributed by atoms with Gasteiger partial charge in [0, 0.05) is 31.9 Å². The van der Waals surface area contributed by atoms with E-state index in [1.54, 1.807) is 12.3 Å². The van der Waals surface area contributed by atoms with E-state index in [4.69, 9.17) is 11.6 Å². The molecule has 126 valence electrons. The van der Waals surface area contributed by atoms with Crippen molar-refractivity contribution in [3.63, 3.8) is 0 Å². The summed E-state index contributed by atoms with van der Waals surface area (Å²) in [4.78, 5) is 18.4. The molecule has 2 aliphatic rings. The number of carbonyl (C=O) groups is 1. The highest BCUT2D eigenvalue weighted by Crippen LogP contribution is 2.28. The first-order valence-corrected chi connectivity index (χ1v) is 8.56. The molecule has 1 aliphatic carbocycles. The number of halogens is 1. The van der Waals surface area contributed by atoms with Crippen molar-refractivity contribution in [1.82, 2.24) is 15.6 Å². The molecular weight excluding hydrogens is 316 g/mol. The number of nitrogens with one attached hydrogen (secondary N) is 2. The fourth-order valence-corrected chi connectivity index (χ4v) is 3.61. The van der Waals surface area contributed by atoms with Crippen molar-refractivity contribution in [2.45, 2.75) is 43.7 Å². The van der Waals surface area contributed by atoms with E-state index < -0.39 is 5.60 Å². The van der Waals surface area contributed by atoms with Gasteiger partial charge >= 0.3 is 6.03 Å². The standard InChI is InChI=1S/C16H23ClN4O2/c17-13-4-3-8-18-14(13)21-9-5-12(10-21)20-15(22)19-11-16(23)6-1-2-7-16/h3-4,8,12,23H,1-2,5-7,9-11H2,(H2,19,20,22). The molecule has 7 heteroatoms. The van der Waals surface area contributed by atoms with Crippen LogP contribution >= 0.6 is 11.6 Å². The third-order valence-corrected chi connectivity index (χ3v) is 4.97. The van der Waals surface area contributed by atoms with Crippen molar-refractivity contribution in [3.05, 3.63) is 23.4 Å². The zero-order valence-corrected chi connectivity index (χ0v) is 13.9. The second-order valence-electron chi connectivity index (χ2n) is 6.50. The Bertz CT molecular complexity index is 563. The topological polar surface area (TPSA) is 77.5 Å². The van der Waals surface area contributed by atoms with Gasteiger partial charge in [-0.1, -0.05) is 24.4 Å². The average Bonchev–Trinajstić information content (AvgIpc) is 3.16. The maximum Gasteiger partial charge on any atom is 0.315 e. The Balaban J connectivity index is 1.46. The molecule has 0 radical (unpaired) electrons. The Labute approximate surface area is 141 Å². The quantitative estimate of drug-likeness (QED) is 0.784. The Hall–Kier alpha value is -1.53. The molecule has 0 aromatic carbocycles. The van der Waals surface area contributed by atoms with Crippen LogP contribution in [0.1, 0.15) is 32.1 Å². The Morgan fingerprint density at radius 1 is 1.48 bits per heavy atom. The third kappa shape index (κ3) is 4.06. The van der Waals surface area contributed by atoms with Crippen LogP contribution < -0.4 is 15.5 Å². The normalized spacial score (nSPS) is 23.0. The second-order valence-corrected chi connectivity index (χ2v) is 6.91.